The zero-order valence-corrected chi connectivity index (χ0v) is 13.5. The second kappa shape index (κ2) is 6.19. The quantitative estimate of drug-likeness (QED) is 0.893. The summed E-state index contributed by atoms with van der Waals surface area (Å²) >= 11 is 6.27. The number of hydrogen-bond donors (Lipinski definition) is 2. The molecule has 1 saturated heterocycles. The third-order valence-corrected chi connectivity index (χ3v) is 5.22. The maximum atomic E-state index is 11.0. The molecule has 1 atom stereocenters. The van der Waals surface area contributed by atoms with E-state index in [0.717, 1.165) is 35.5 Å². The average molecular weight is 324 g/mol. The second-order valence-electron chi connectivity index (χ2n) is 6.64. The van der Waals surface area contributed by atoms with Gasteiger partial charge >= 0.3 is 5.97 Å². The Morgan fingerprint density at radius 3 is 2.91 bits per heavy atom. The first-order valence-corrected chi connectivity index (χ1v) is 8.20. The highest BCUT2D eigenvalue weighted by atomic mass is 35.5. The molecule has 5 heteroatoms. The number of hydrogen-bond acceptors (Lipinski definition) is 3. The molecule has 3 rings (SSSR count). The second-order valence-corrected chi connectivity index (χ2v) is 7.05. The molecule has 1 aliphatic heterocycles. The van der Waals surface area contributed by atoms with E-state index in [4.69, 9.17) is 21.4 Å². The van der Waals surface area contributed by atoms with Gasteiger partial charge in [-0.2, -0.15) is 0 Å². The molecule has 1 aromatic rings. The highest BCUT2D eigenvalue weighted by Gasteiger charge is 2.51. The van der Waals surface area contributed by atoms with Crippen molar-refractivity contribution in [1.29, 1.82) is 0 Å². The number of carboxylic acids is 1. The molecule has 22 heavy (non-hydrogen) atoms. The van der Waals surface area contributed by atoms with Crippen molar-refractivity contribution in [2.24, 2.45) is 5.92 Å². The van der Waals surface area contributed by atoms with E-state index in [-0.39, 0.29) is 11.5 Å². The number of aliphatic carboxylic acids is 1. The van der Waals surface area contributed by atoms with Crippen LogP contribution in [0.25, 0.3) is 0 Å². The summed E-state index contributed by atoms with van der Waals surface area (Å²) in [5.41, 5.74) is 2.05. The number of ether oxygens (including phenoxy) is 1. The first-order valence-electron chi connectivity index (χ1n) is 7.83. The van der Waals surface area contributed by atoms with Gasteiger partial charge in [0.25, 0.3) is 0 Å². The molecule has 1 aliphatic carbocycles. The van der Waals surface area contributed by atoms with Crippen LogP contribution >= 0.6 is 11.6 Å². The van der Waals surface area contributed by atoms with Crippen molar-refractivity contribution in [2.45, 2.75) is 50.8 Å². The van der Waals surface area contributed by atoms with Crippen LogP contribution in [0, 0.1) is 12.8 Å². The van der Waals surface area contributed by atoms with Crippen molar-refractivity contribution >= 4 is 17.6 Å². The van der Waals surface area contributed by atoms with E-state index in [9.17, 15) is 4.79 Å². The molecule has 1 unspecified atom stereocenters. The topological polar surface area (TPSA) is 58.6 Å². The smallest absolute Gasteiger partial charge is 0.306 e. The molecule has 1 saturated carbocycles. The summed E-state index contributed by atoms with van der Waals surface area (Å²) < 4.78 is 5.87. The minimum Gasteiger partial charge on any atom is -0.481 e. The molecule has 0 radical (unpaired) electrons. The first kappa shape index (κ1) is 15.8. The molecular weight excluding hydrogens is 302 g/mol. The van der Waals surface area contributed by atoms with Gasteiger partial charge < -0.3 is 15.2 Å². The zero-order valence-electron chi connectivity index (χ0n) is 12.8. The predicted octanol–water partition coefficient (Wildman–Crippen LogP) is 3.15. The van der Waals surface area contributed by atoms with Crippen LogP contribution in [0.1, 0.15) is 36.8 Å². The van der Waals surface area contributed by atoms with E-state index in [0.29, 0.717) is 25.5 Å². The third-order valence-electron chi connectivity index (χ3n) is 4.87. The summed E-state index contributed by atoms with van der Waals surface area (Å²) in [7, 11) is 0. The van der Waals surface area contributed by atoms with Crippen molar-refractivity contribution in [3.05, 3.63) is 34.3 Å². The van der Waals surface area contributed by atoms with Crippen LogP contribution in [0.15, 0.2) is 18.2 Å². The molecule has 2 N–H and O–H groups in total. The minimum absolute atomic E-state index is 0.212. The molecule has 2 aliphatic rings. The van der Waals surface area contributed by atoms with Gasteiger partial charge in [-0.1, -0.05) is 23.7 Å². The standard InChI is InChI=1S/C17H22ClNO3/c1-11-2-3-12(15(18)6-11)10-19-14-4-5-22-17(9-14)7-13(8-17)16(20)21/h2-3,6,13-14,19H,4-5,7-10H2,1H3,(H,20,21). The lowest BCUT2D eigenvalue weighted by molar-refractivity contribution is -0.181. The van der Waals surface area contributed by atoms with E-state index in [2.05, 4.69) is 17.4 Å². The average Bonchev–Trinajstić information content (AvgIpc) is 2.44. The number of halogens is 1. The van der Waals surface area contributed by atoms with Crippen LogP contribution < -0.4 is 5.32 Å². The summed E-state index contributed by atoms with van der Waals surface area (Å²) in [6.07, 6.45) is 3.14. The molecule has 0 amide bonds. The molecule has 1 spiro atoms. The van der Waals surface area contributed by atoms with Crippen LogP contribution in [0.5, 0.6) is 0 Å². The summed E-state index contributed by atoms with van der Waals surface area (Å²) in [4.78, 5) is 11.0. The van der Waals surface area contributed by atoms with Gasteiger partial charge in [0.05, 0.1) is 11.5 Å². The van der Waals surface area contributed by atoms with E-state index in [1.807, 2.05) is 13.0 Å². The van der Waals surface area contributed by atoms with Gasteiger partial charge in [0.2, 0.25) is 0 Å². The minimum atomic E-state index is -0.698. The maximum absolute atomic E-state index is 11.0. The highest BCUT2D eigenvalue weighted by Crippen LogP contribution is 2.46. The number of benzene rings is 1. The number of nitrogens with one attached hydrogen (secondary N) is 1. The predicted molar refractivity (Wildman–Crippen MR) is 85.1 cm³/mol. The fourth-order valence-electron chi connectivity index (χ4n) is 3.55. The Hall–Kier alpha value is -1.10. The lowest BCUT2D eigenvalue weighted by atomic mass is 9.66. The van der Waals surface area contributed by atoms with Crippen molar-refractivity contribution in [2.75, 3.05) is 6.61 Å². The van der Waals surface area contributed by atoms with Gasteiger partial charge in [-0.3, -0.25) is 4.79 Å². The molecule has 120 valence electrons. The molecule has 1 aromatic carbocycles. The van der Waals surface area contributed by atoms with E-state index >= 15 is 0 Å². The number of carbonyl (C=O) groups is 1. The Balaban J connectivity index is 1.54. The highest BCUT2D eigenvalue weighted by molar-refractivity contribution is 6.31. The van der Waals surface area contributed by atoms with Crippen LogP contribution in [0.4, 0.5) is 0 Å². The van der Waals surface area contributed by atoms with Gasteiger partial charge in [-0.05, 0) is 49.8 Å². The normalized spacial score (nSPS) is 31.0. The maximum Gasteiger partial charge on any atom is 0.306 e. The van der Waals surface area contributed by atoms with E-state index < -0.39 is 5.97 Å². The van der Waals surface area contributed by atoms with Gasteiger partial charge in [0.15, 0.2) is 0 Å². The van der Waals surface area contributed by atoms with Crippen LogP contribution in [-0.2, 0) is 16.1 Å². The molecule has 0 aromatic heterocycles. The SMILES string of the molecule is Cc1ccc(CNC2CCOC3(C2)CC(C(=O)O)C3)c(Cl)c1. The lowest BCUT2D eigenvalue weighted by Crippen LogP contribution is -2.55. The third kappa shape index (κ3) is 3.29. The fourth-order valence-corrected chi connectivity index (χ4v) is 3.85. The van der Waals surface area contributed by atoms with Crippen LogP contribution in [0.3, 0.4) is 0 Å². The molecule has 1 heterocycles. The Morgan fingerprint density at radius 2 is 2.23 bits per heavy atom. The number of rotatable bonds is 4. The number of carboxylic acid groups (broad SMARTS) is 1. The number of aryl methyl sites for hydroxylation is 1. The largest absolute Gasteiger partial charge is 0.481 e. The molecular formula is C17H22ClNO3. The van der Waals surface area contributed by atoms with Gasteiger partial charge in [0.1, 0.15) is 0 Å². The van der Waals surface area contributed by atoms with Crippen molar-refractivity contribution in [3.8, 4) is 0 Å². The van der Waals surface area contributed by atoms with Crippen molar-refractivity contribution < 1.29 is 14.6 Å². The van der Waals surface area contributed by atoms with Gasteiger partial charge in [-0.25, -0.2) is 0 Å². The van der Waals surface area contributed by atoms with Crippen LogP contribution in [-0.4, -0.2) is 29.3 Å². The lowest BCUT2D eigenvalue weighted by Gasteiger charge is -2.50. The Bertz CT molecular complexity index is 569. The first-order chi connectivity index (χ1) is 10.5. The molecule has 0 bridgehead atoms. The molecule has 4 nitrogen and oxygen atoms in total. The van der Waals surface area contributed by atoms with Crippen molar-refractivity contribution in [1.82, 2.24) is 5.32 Å². The monoisotopic (exact) mass is 323 g/mol. The van der Waals surface area contributed by atoms with Gasteiger partial charge in [-0.15, -0.1) is 0 Å². The van der Waals surface area contributed by atoms with E-state index in [1.165, 1.54) is 0 Å². The summed E-state index contributed by atoms with van der Waals surface area (Å²) in [5, 5.41) is 13.4. The zero-order chi connectivity index (χ0) is 15.7. The van der Waals surface area contributed by atoms with Crippen LogP contribution in [0.2, 0.25) is 5.02 Å². The summed E-state index contributed by atoms with van der Waals surface area (Å²) in [5.74, 6) is -0.930. The summed E-state index contributed by atoms with van der Waals surface area (Å²) in [6, 6.07) is 6.47. The Labute approximate surface area is 135 Å². The fraction of sp³-hybridized carbons (Fsp3) is 0.588. The Kier molecular flexibility index (Phi) is 4.44. The van der Waals surface area contributed by atoms with E-state index in [1.54, 1.807) is 0 Å². The molecule has 2 fully saturated rings. The Morgan fingerprint density at radius 1 is 1.45 bits per heavy atom. The van der Waals surface area contributed by atoms with Gasteiger partial charge in [0, 0.05) is 24.2 Å². The summed E-state index contributed by atoms with van der Waals surface area (Å²) in [6.45, 7) is 3.47. The van der Waals surface area contributed by atoms with Crippen molar-refractivity contribution in [3.63, 3.8) is 0 Å².